The normalized spacial score (nSPS) is 14.3. The van der Waals surface area contributed by atoms with Crippen LogP contribution < -0.4 is 10.2 Å². The maximum atomic E-state index is 13.4. The molecule has 1 aliphatic heterocycles. The fraction of sp³-hybridized carbons (Fsp3) is 0.433. The molecule has 2 amide bonds. The number of rotatable bonds is 5. The van der Waals surface area contributed by atoms with E-state index in [2.05, 4.69) is 26.4 Å². The Balaban J connectivity index is 1.36. The second-order valence-corrected chi connectivity index (χ2v) is 11.5. The van der Waals surface area contributed by atoms with Gasteiger partial charge in [-0.25, -0.2) is 9.78 Å². The van der Waals surface area contributed by atoms with E-state index >= 15 is 0 Å². The van der Waals surface area contributed by atoms with Crippen molar-refractivity contribution in [2.75, 3.05) is 29.9 Å². The summed E-state index contributed by atoms with van der Waals surface area (Å²) in [4.78, 5) is 34.7. The van der Waals surface area contributed by atoms with Crippen molar-refractivity contribution in [1.82, 2.24) is 24.1 Å². The number of nitrogens with zero attached hydrogens (tertiary/aromatic N) is 7. The monoisotopic (exact) mass is 556 g/mol. The van der Waals surface area contributed by atoms with Crippen molar-refractivity contribution in [3.63, 3.8) is 0 Å². The number of pyridine rings is 1. The van der Waals surface area contributed by atoms with Gasteiger partial charge in [-0.3, -0.25) is 9.48 Å². The van der Waals surface area contributed by atoms with Crippen LogP contribution in [-0.4, -0.2) is 67.3 Å². The molecule has 5 rings (SSSR count). The van der Waals surface area contributed by atoms with Gasteiger partial charge in [-0.2, -0.15) is 10.4 Å². The molecule has 0 radical (unpaired) electrons. The zero-order valence-electron chi connectivity index (χ0n) is 24.4. The smallest absolute Gasteiger partial charge is 0.410 e. The van der Waals surface area contributed by atoms with Gasteiger partial charge < -0.3 is 24.3 Å². The van der Waals surface area contributed by atoms with Crippen molar-refractivity contribution < 1.29 is 14.3 Å². The van der Waals surface area contributed by atoms with Gasteiger partial charge in [0, 0.05) is 62.4 Å². The molecule has 1 saturated heterocycles. The van der Waals surface area contributed by atoms with Gasteiger partial charge in [0.2, 0.25) is 0 Å². The lowest BCUT2D eigenvalue weighted by molar-refractivity contribution is 0.0149. The lowest BCUT2D eigenvalue weighted by atomic mass is 10.0. The number of carbonyl (C=O) groups excluding carboxylic acids is 2. The minimum atomic E-state index is -0.533. The standard InChI is InChI=1S/C30H36N8O3/c1-7-38(29(40)41-30(3,4)5)22-10-12-36(13-11-22)25-9-8-23(26-24(25)18-35(6)34-26)28(39)33-21-14-20(15-31)27-32-19(2)16-37(27)17-21/h8-9,14,16-18,22H,7,10-13H2,1-6H3,(H,33,39). The average molecular weight is 557 g/mol. The van der Waals surface area contributed by atoms with Crippen LogP contribution in [0.4, 0.5) is 16.2 Å². The number of fused-ring (bicyclic) bond motifs is 2. The highest BCUT2D eigenvalue weighted by atomic mass is 16.6. The maximum Gasteiger partial charge on any atom is 0.410 e. The Morgan fingerprint density at radius 3 is 2.59 bits per heavy atom. The van der Waals surface area contributed by atoms with Crippen LogP contribution in [0.2, 0.25) is 0 Å². The predicted molar refractivity (Wildman–Crippen MR) is 157 cm³/mol. The number of carbonyl (C=O) groups is 2. The predicted octanol–water partition coefficient (Wildman–Crippen LogP) is 4.88. The molecule has 1 N–H and O–H groups in total. The number of anilines is 2. The fourth-order valence-electron chi connectivity index (χ4n) is 5.51. The number of imidazole rings is 1. The van der Waals surface area contributed by atoms with Crippen LogP contribution in [0.3, 0.4) is 0 Å². The number of ether oxygens (including phenoxy) is 1. The summed E-state index contributed by atoms with van der Waals surface area (Å²) in [6.45, 7) is 11.6. The van der Waals surface area contributed by atoms with E-state index in [1.54, 1.807) is 27.4 Å². The number of nitriles is 1. The molecule has 4 aromatic rings. The largest absolute Gasteiger partial charge is 0.444 e. The van der Waals surface area contributed by atoms with Gasteiger partial charge in [-0.05, 0) is 65.7 Å². The summed E-state index contributed by atoms with van der Waals surface area (Å²) < 4.78 is 9.09. The van der Waals surface area contributed by atoms with E-state index in [4.69, 9.17) is 4.74 Å². The summed E-state index contributed by atoms with van der Waals surface area (Å²) in [5.74, 6) is -0.310. The Kier molecular flexibility index (Phi) is 7.34. The van der Waals surface area contributed by atoms with Gasteiger partial charge in [0.15, 0.2) is 5.65 Å². The molecule has 0 spiro atoms. The first-order valence-electron chi connectivity index (χ1n) is 13.9. The van der Waals surface area contributed by atoms with Gasteiger partial charge in [-0.1, -0.05) is 0 Å². The lowest BCUT2D eigenvalue weighted by Crippen LogP contribution is -2.48. The number of amides is 2. The molecule has 41 heavy (non-hydrogen) atoms. The van der Waals surface area contributed by atoms with Crippen molar-refractivity contribution in [3.05, 3.63) is 53.6 Å². The van der Waals surface area contributed by atoms with E-state index in [0.29, 0.717) is 34.5 Å². The average Bonchev–Trinajstić information content (AvgIpc) is 3.48. The van der Waals surface area contributed by atoms with Crippen LogP contribution in [0.15, 0.2) is 36.8 Å². The quantitative estimate of drug-likeness (QED) is 0.372. The Morgan fingerprint density at radius 2 is 1.93 bits per heavy atom. The minimum absolute atomic E-state index is 0.107. The number of benzene rings is 1. The molecule has 0 unspecified atom stereocenters. The van der Waals surface area contributed by atoms with Crippen molar-refractivity contribution in [2.24, 2.45) is 7.05 Å². The molecule has 3 aromatic heterocycles. The summed E-state index contributed by atoms with van der Waals surface area (Å²) in [6, 6.07) is 7.66. The maximum absolute atomic E-state index is 13.4. The molecule has 0 atom stereocenters. The van der Waals surface area contributed by atoms with E-state index in [1.165, 1.54) is 0 Å². The summed E-state index contributed by atoms with van der Waals surface area (Å²) >= 11 is 0. The highest BCUT2D eigenvalue weighted by Crippen LogP contribution is 2.32. The Bertz CT molecular complexity index is 1660. The zero-order valence-corrected chi connectivity index (χ0v) is 24.4. The van der Waals surface area contributed by atoms with Crippen LogP contribution in [0.1, 0.15) is 62.2 Å². The number of hydrogen-bond acceptors (Lipinski definition) is 7. The molecule has 0 aliphatic carbocycles. The second kappa shape index (κ2) is 10.8. The first-order chi connectivity index (χ1) is 19.5. The molecular formula is C30H36N8O3. The van der Waals surface area contributed by atoms with Crippen molar-refractivity contribution >= 4 is 39.9 Å². The highest BCUT2D eigenvalue weighted by molar-refractivity contribution is 6.14. The van der Waals surface area contributed by atoms with Crippen molar-refractivity contribution in [1.29, 1.82) is 5.26 Å². The first-order valence-corrected chi connectivity index (χ1v) is 13.9. The van der Waals surface area contributed by atoms with E-state index in [9.17, 15) is 14.9 Å². The summed E-state index contributed by atoms with van der Waals surface area (Å²) in [5, 5.41) is 18.0. The molecule has 11 nitrogen and oxygen atoms in total. The van der Waals surface area contributed by atoms with Gasteiger partial charge in [0.05, 0.1) is 22.5 Å². The van der Waals surface area contributed by atoms with E-state index in [1.807, 2.05) is 65.0 Å². The molecule has 1 aromatic carbocycles. The van der Waals surface area contributed by atoms with Crippen molar-refractivity contribution in [2.45, 2.75) is 59.1 Å². The van der Waals surface area contributed by atoms with Crippen molar-refractivity contribution in [3.8, 4) is 6.07 Å². The van der Waals surface area contributed by atoms with Crippen LogP contribution >= 0.6 is 0 Å². The van der Waals surface area contributed by atoms with Gasteiger partial charge in [-0.15, -0.1) is 0 Å². The third kappa shape index (κ3) is 5.68. The number of aryl methyl sites for hydroxylation is 2. The summed E-state index contributed by atoms with van der Waals surface area (Å²) in [7, 11) is 1.84. The van der Waals surface area contributed by atoms with E-state index < -0.39 is 5.60 Å². The summed E-state index contributed by atoms with van der Waals surface area (Å²) in [6.07, 6.45) is 6.85. The lowest BCUT2D eigenvalue weighted by Gasteiger charge is -2.39. The second-order valence-electron chi connectivity index (χ2n) is 11.5. The molecule has 11 heteroatoms. The molecule has 1 fully saturated rings. The molecule has 0 saturated carbocycles. The Hall–Kier alpha value is -4.59. The fourth-order valence-corrected chi connectivity index (χ4v) is 5.51. The number of piperidine rings is 1. The highest BCUT2D eigenvalue weighted by Gasteiger charge is 2.31. The van der Waals surface area contributed by atoms with Gasteiger partial charge in [0.25, 0.3) is 5.91 Å². The van der Waals surface area contributed by atoms with Crippen LogP contribution in [0.25, 0.3) is 16.6 Å². The summed E-state index contributed by atoms with van der Waals surface area (Å²) in [5.41, 5.74) is 3.74. The number of hydrogen-bond donors (Lipinski definition) is 1. The third-order valence-electron chi connectivity index (χ3n) is 7.28. The number of aromatic nitrogens is 4. The molecule has 0 bridgehead atoms. The van der Waals surface area contributed by atoms with Crippen LogP contribution in [0.5, 0.6) is 0 Å². The van der Waals surface area contributed by atoms with Gasteiger partial charge >= 0.3 is 6.09 Å². The van der Waals surface area contributed by atoms with E-state index in [0.717, 1.165) is 42.7 Å². The van der Waals surface area contributed by atoms with Crippen LogP contribution in [0, 0.1) is 18.3 Å². The molecular weight excluding hydrogens is 520 g/mol. The Labute approximate surface area is 239 Å². The zero-order chi connectivity index (χ0) is 29.5. The molecule has 4 heterocycles. The third-order valence-corrected chi connectivity index (χ3v) is 7.28. The molecule has 1 aliphatic rings. The Morgan fingerprint density at radius 1 is 1.20 bits per heavy atom. The number of nitrogens with one attached hydrogen (secondary N) is 1. The first kappa shape index (κ1) is 28.0. The topological polar surface area (TPSA) is 121 Å². The van der Waals surface area contributed by atoms with E-state index in [-0.39, 0.29) is 18.0 Å². The molecule has 214 valence electrons. The SMILES string of the molecule is CCN(C(=O)OC(C)(C)C)C1CCN(c2ccc(C(=O)Nc3cc(C#N)c4nc(C)cn4c3)c3nn(C)cc23)CC1. The minimum Gasteiger partial charge on any atom is -0.444 e. The van der Waals surface area contributed by atoms with Gasteiger partial charge in [0.1, 0.15) is 17.2 Å². The van der Waals surface area contributed by atoms with Crippen LogP contribution in [-0.2, 0) is 11.8 Å².